The molecule has 0 aromatic carbocycles. The molecule has 0 bridgehead atoms. The molecular weight excluding hydrogens is 178 g/mol. The van der Waals surface area contributed by atoms with Crippen LogP contribution in [0.2, 0.25) is 0 Å². The van der Waals surface area contributed by atoms with Crippen LogP contribution in [0.1, 0.15) is 47.0 Å². The molecule has 1 aliphatic rings. The first-order chi connectivity index (χ1) is 6.23. The van der Waals surface area contributed by atoms with Crippen LogP contribution in [0, 0.1) is 5.92 Å². The van der Waals surface area contributed by atoms with Crippen LogP contribution in [0.15, 0.2) is 0 Å². The molecule has 0 unspecified atom stereocenters. The highest BCUT2D eigenvalue weighted by Gasteiger charge is 2.43. The molecule has 0 amide bonds. The minimum atomic E-state index is -0.729. The van der Waals surface area contributed by atoms with Crippen LogP contribution in [0.4, 0.5) is 0 Å². The summed E-state index contributed by atoms with van der Waals surface area (Å²) in [5, 5.41) is 0. The Kier molecular flexibility index (Phi) is 2.91. The summed E-state index contributed by atoms with van der Waals surface area (Å²) in [7, 11) is 0. The van der Waals surface area contributed by atoms with E-state index in [0.29, 0.717) is 5.92 Å². The zero-order valence-electron chi connectivity index (χ0n) is 9.59. The largest absolute Gasteiger partial charge is 0.459 e. The van der Waals surface area contributed by atoms with Gasteiger partial charge < -0.3 is 10.5 Å². The first-order valence-corrected chi connectivity index (χ1v) is 5.25. The molecule has 1 saturated carbocycles. The quantitative estimate of drug-likeness (QED) is 0.656. The summed E-state index contributed by atoms with van der Waals surface area (Å²) in [6.07, 6.45) is 2.53. The maximum Gasteiger partial charge on any atom is 0.326 e. The van der Waals surface area contributed by atoms with Crippen LogP contribution in [0.5, 0.6) is 0 Å². The predicted molar refractivity (Wildman–Crippen MR) is 55.8 cm³/mol. The number of carbonyl (C=O) groups excluding carboxylic acids is 1. The van der Waals surface area contributed by atoms with Gasteiger partial charge in [0.25, 0.3) is 0 Å². The Morgan fingerprint density at radius 3 is 2.43 bits per heavy atom. The number of ether oxygens (including phenoxy) is 1. The van der Waals surface area contributed by atoms with Gasteiger partial charge in [-0.1, -0.05) is 6.92 Å². The molecule has 82 valence electrons. The van der Waals surface area contributed by atoms with Gasteiger partial charge in [-0.05, 0) is 46.0 Å². The maximum absolute atomic E-state index is 11.8. The first-order valence-electron chi connectivity index (χ1n) is 5.25. The van der Waals surface area contributed by atoms with Crippen LogP contribution in [-0.2, 0) is 9.53 Å². The molecular formula is C11H21NO2. The van der Waals surface area contributed by atoms with Crippen molar-refractivity contribution in [1.82, 2.24) is 0 Å². The molecule has 0 radical (unpaired) electrons. The lowest BCUT2D eigenvalue weighted by Gasteiger charge is -2.28. The van der Waals surface area contributed by atoms with E-state index in [4.69, 9.17) is 10.5 Å². The maximum atomic E-state index is 11.8. The highest BCUT2D eigenvalue weighted by atomic mass is 16.6. The van der Waals surface area contributed by atoms with E-state index in [9.17, 15) is 4.79 Å². The van der Waals surface area contributed by atoms with Crippen LogP contribution in [-0.4, -0.2) is 17.1 Å². The molecule has 1 rings (SSSR count). The molecule has 1 aliphatic carbocycles. The van der Waals surface area contributed by atoms with Gasteiger partial charge in [0.2, 0.25) is 0 Å². The summed E-state index contributed by atoms with van der Waals surface area (Å²) in [4.78, 5) is 11.8. The first kappa shape index (κ1) is 11.5. The number of hydrogen-bond donors (Lipinski definition) is 1. The van der Waals surface area contributed by atoms with Crippen molar-refractivity contribution in [3.05, 3.63) is 0 Å². The zero-order valence-corrected chi connectivity index (χ0v) is 9.59. The fourth-order valence-electron chi connectivity index (χ4n) is 1.90. The molecule has 14 heavy (non-hydrogen) atoms. The van der Waals surface area contributed by atoms with E-state index < -0.39 is 11.1 Å². The van der Waals surface area contributed by atoms with Gasteiger partial charge in [0.1, 0.15) is 11.1 Å². The third kappa shape index (κ3) is 2.71. The second kappa shape index (κ2) is 3.54. The topological polar surface area (TPSA) is 52.3 Å². The standard InChI is InChI=1S/C11H21NO2/c1-8-5-6-11(12,7-8)9(13)14-10(2,3)4/h8H,5-7,12H2,1-4H3/t8-,11-/m1/s1. The fourth-order valence-corrected chi connectivity index (χ4v) is 1.90. The Hall–Kier alpha value is -0.570. The number of hydrogen-bond acceptors (Lipinski definition) is 3. The van der Waals surface area contributed by atoms with E-state index in [0.717, 1.165) is 19.3 Å². The van der Waals surface area contributed by atoms with Gasteiger partial charge in [0, 0.05) is 0 Å². The SMILES string of the molecule is C[C@@H]1CC[C@](N)(C(=O)OC(C)(C)C)C1. The second-order valence-electron chi connectivity index (χ2n) is 5.51. The van der Waals surface area contributed by atoms with Gasteiger partial charge in [-0.3, -0.25) is 4.79 Å². The van der Waals surface area contributed by atoms with E-state index >= 15 is 0 Å². The molecule has 0 aromatic rings. The van der Waals surface area contributed by atoms with Crippen LogP contribution in [0.3, 0.4) is 0 Å². The molecule has 1 fully saturated rings. The molecule has 0 aromatic heterocycles. The van der Waals surface area contributed by atoms with Crippen molar-refractivity contribution >= 4 is 5.97 Å². The number of nitrogens with two attached hydrogens (primary N) is 1. The Morgan fingerprint density at radius 1 is 1.50 bits per heavy atom. The van der Waals surface area contributed by atoms with E-state index in [1.54, 1.807) is 0 Å². The van der Waals surface area contributed by atoms with Crippen molar-refractivity contribution in [1.29, 1.82) is 0 Å². The van der Waals surface area contributed by atoms with E-state index in [-0.39, 0.29) is 5.97 Å². The third-order valence-corrected chi connectivity index (χ3v) is 2.60. The summed E-state index contributed by atoms with van der Waals surface area (Å²) in [5.74, 6) is 0.293. The van der Waals surface area contributed by atoms with E-state index in [2.05, 4.69) is 6.92 Å². The molecule has 2 N–H and O–H groups in total. The van der Waals surface area contributed by atoms with Crippen molar-refractivity contribution in [2.45, 2.75) is 58.1 Å². The Bertz CT molecular complexity index is 232. The van der Waals surface area contributed by atoms with Crippen molar-refractivity contribution in [2.75, 3.05) is 0 Å². The summed E-state index contributed by atoms with van der Waals surface area (Å²) < 4.78 is 5.31. The molecule has 3 nitrogen and oxygen atoms in total. The minimum Gasteiger partial charge on any atom is -0.459 e. The molecule has 0 aliphatic heterocycles. The summed E-state index contributed by atoms with van der Waals surface area (Å²) in [5.41, 5.74) is 4.86. The Labute approximate surface area is 86.0 Å². The summed E-state index contributed by atoms with van der Waals surface area (Å²) in [6.45, 7) is 7.73. The van der Waals surface area contributed by atoms with Gasteiger partial charge in [0.05, 0.1) is 0 Å². The lowest BCUT2D eigenvalue weighted by Crippen LogP contribution is -2.49. The lowest BCUT2D eigenvalue weighted by atomic mass is 9.97. The summed E-state index contributed by atoms with van der Waals surface area (Å²) in [6, 6.07) is 0. The van der Waals surface area contributed by atoms with Gasteiger partial charge in [-0.15, -0.1) is 0 Å². The van der Waals surface area contributed by atoms with E-state index in [1.165, 1.54) is 0 Å². The fraction of sp³-hybridized carbons (Fsp3) is 0.909. The monoisotopic (exact) mass is 199 g/mol. The minimum absolute atomic E-state index is 0.241. The van der Waals surface area contributed by atoms with Crippen LogP contribution in [0.25, 0.3) is 0 Å². The molecule has 3 heteroatoms. The van der Waals surface area contributed by atoms with Gasteiger partial charge in [-0.2, -0.15) is 0 Å². The van der Waals surface area contributed by atoms with Gasteiger partial charge in [0.15, 0.2) is 0 Å². The van der Waals surface area contributed by atoms with Crippen molar-refractivity contribution in [2.24, 2.45) is 11.7 Å². The highest BCUT2D eigenvalue weighted by Crippen LogP contribution is 2.34. The average molecular weight is 199 g/mol. The molecule has 2 atom stereocenters. The van der Waals surface area contributed by atoms with Crippen molar-refractivity contribution in [3.63, 3.8) is 0 Å². The summed E-state index contributed by atoms with van der Waals surface area (Å²) >= 11 is 0. The molecule has 0 spiro atoms. The zero-order chi connectivity index (χ0) is 11.0. The predicted octanol–water partition coefficient (Wildman–Crippen LogP) is 1.85. The van der Waals surface area contributed by atoms with Crippen molar-refractivity contribution < 1.29 is 9.53 Å². The number of rotatable bonds is 1. The number of carbonyl (C=O) groups is 1. The lowest BCUT2D eigenvalue weighted by molar-refractivity contribution is -0.161. The Balaban J connectivity index is 2.61. The van der Waals surface area contributed by atoms with E-state index in [1.807, 2.05) is 20.8 Å². The van der Waals surface area contributed by atoms with Gasteiger partial charge >= 0.3 is 5.97 Å². The highest BCUT2D eigenvalue weighted by molar-refractivity contribution is 5.81. The Morgan fingerprint density at radius 2 is 2.07 bits per heavy atom. The second-order valence-corrected chi connectivity index (χ2v) is 5.51. The molecule has 0 saturated heterocycles. The number of esters is 1. The average Bonchev–Trinajstić information content (AvgIpc) is 2.29. The van der Waals surface area contributed by atoms with Crippen LogP contribution < -0.4 is 5.73 Å². The van der Waals surface area contributed by atoms with Crippen molar-refractivity contribution in [3.8, 4) is 0 Å². The van der Waals surface area contributed by atoms with Gasteiger partial charge in [-0.25, -0.2) is 0 Å². The molecule has 0 heterocycles. The van der Waals surface area contributed by atoms with Crippen LogP contribution >= 0.6 is 0 Å². The smallest absolute Gasteiger partial charge is 0.326 e. The third-order valence-electron chi connectivity index (χ3n) is 2.60. The normalized spacial score (nSPS) is 33.1.